The molecule has 5 heteroatoms. The van der Waals surface area contributed by atoms with Gasteiger partial charge in [0.2, 0.25) is 0 Å². The Morgan fingerprint density at radius 3 is 2.75 bits per heavy atom. The summed E-state index contributed by atoms with van der Waals surface area (Å²) in [7, 11) is 0. The largest absolute Gasteiger partial charge is 0.480 e. The smallest absolute Gasteiger partial charge is 0.316 e. The van der Waals surface area contributed by atoms with Crippen molar-refractivity contribution in [2.24, 2.45) is 0 Å². The van der Waals surface area contributed by atoms with E-state index in [4.69, 9.17) is 10.4 Å². The predicted molar refractivity (Wildman–Crippen MR) is 61.4 cm³/mol. The van der Waals surface area contributed by atoms with Crippen LogP contribution in [0, 0.1) is 25.2 Å². The monoisotopic (exact) mass is 236 g/mol. The van der Waals surface area contributed by atoms with Crippen molar-refractivity contribution in [3.8, 4) is 6.07 Å². The molecule has 4 nitrogen and oxygen atoms in total. The second-order valence-electron chi connectivity index (χ2n) is 3.43. The van der Waals surface area contributed by atoms with E-state index in [0.717, 1.165) is 5.69 Å². The average Bonchev–Trinajstić information content (AvgIpc) is 2.16. The quantitative estimate of drug-likeness (QED) is 0.814. The highest BCUT2D eigenvalue weighted by atomic mass is 32.2. The van der Waals surface area contributed by atoms with Crippen LogP contribution in [0.25, 0.3) is 0 Å². The van der Waals surface area contributed by atoms with Gasteiger partial charge in [-0.1, -0.05) is 0 Å². The molecule has 1 heterocycles. The van der Waals surface area contributed by atoms with Crippen LogP contribution in [0.4, 0.5) is 0 Å². The van der Waals surface area contributed by atoms with Gasteiger partial charge in [0, 0.05) is 10.6 Å². The molecular formula is C11H12N2O2S. The minimum absolute atomic E-state index is 0.462. The molecule has 0 aliphatic rings. The SMILES string of the molecule is Cc1cc(SC(C)C(=O)O)c(C#N)c(C)n1. The Balaban J connectivity index is 3.13. The predicted octanol–water partition coefficient (Wildman–Crippen LogP) is 2.14. The number of hydrogen-bond donors (Lipinski definition) is 1. The maximum Gasteiger partial charge on any atom is 0.316 e. The molecule has 1 atom stereocenters. The number of thioether (sulfide) groups is 1. The summed E-state index contributed by atoms with van der Waals surface area (Å²) in [6.45, 7) is 5.17. The molecule has 16 heavy (non-hydrogen) atoms. The molecule has 1 unspecified atom stereocenters. The lowest BCUT2D eigenvalue weighted by atomic mass is 10.2. The molecule has 0 saturated heterocycles. The van der Waals surface area contributed by atoms with Crippen LogP contribution in [0.15, 0.2) is 11.0 Å². The third-order valence-electron chi connectivity index (χ3n) is 2.06. The maximum atomic E-state index is 10.8. The van der Waals surface area contributed by atoms with Crippen LogP contribution in [0.3, 0.4) is 0 Å². The molecule has 1 aromatic heterocycles. The number of carboxylic acids is 1. The first kappa shape index (κ1) is 12.5. The summed E-state index contributed by atoms with van der Waals surface area (Å²) in [6, 6.07) is 3.80. The third-order valence-corrected chi connectivity index (χ3v) is 3.19. The number of aliphatic carboxylic acids is 1. The van der Waals surface area contributed by atoms with E-state index in [1.807, 2.05) is 6.92 Å². The van der Waals surface area contributed by atoms with Crippen LogP contribution in [-0.2, 0) is 4.79 Å². The highest BCUT2D eigenvalue weighted by Crippen LogP contribution is 2.28. The van der Waals surface area contributed by atoms with Gasteiger partial charge in [-0.15, -0.1) is 11.8 Å². The first-order valence-electron chi connectivity index (χ1n) is 4.73. The molecule has 0 bridgehead atoms. The second kappa shape index (κ2) is 4.99. The van der Waals surface area contributed by atoms with E-state index in [1.54, 1.807) is 19.9 Å². The fourth-order valence-corrected chi connectivity index (χ4v) is 2.29. The highest BCUT2D eigenvalue weighted by molar-refractivity contribution is 8.00. The fourth-order valence-electron chi connectivity index (χ4n) is 1.26. The van der Waals surface area contributed by atoms with Crippen molar-refractivity contribution in [2.45, 2.75) is 30.9 Å². The topological polar surface area (TPSA) is 74.0 Å². The summed E-state index contributed by atoms with van der Waals surface area (Å²) < 4.78 is 0. The minimum Gasteiger partial charge on any atom is -0.480 e. The Morgan fingerprint density at radius 2 is 2.25 bits per heavy atom. The summed E-state index contributed by atoms with van der Waals surface area (Å²) in [5.41, 5.74) is 1.89. The van der Waals surface area contributed by atoms with Gasteiger partial charge in [0.05, 0.1) is 11.3 Å². The van der Waals surface area contributed by atoms with Gasteiger partial charge < -0.3 is 5.11 Å². The normalized spacial score (nSPS) is 11.9. The number of carboxylic acid groups (broad SMARTS) is 1. The lowest BCUT2D eigenvalue weighted by molar-refractivity contribution is -0.136. The van der Waals surface area contributed by atoms with Crippen molar-refractivity contribution in [1.29, 1.82) is 5.26 Å². The zero-order valence-corrected chi connectivity index (χ0v) is 10.1. The Bertz CT molecular complexity index is 466. The van der Waals surface area contributed by atoms with Crippen molar-refractivity contribution >= 4 is 17.7 Å². The average molecular weight is 236 g/mol. The van der Waals surface area contributed by atoms with Crippen molar-refractivity contribution in [3.05, 3.63) is 23.0 Å². The number of aromatic nitrogens is 1. The lowest BCUT2D eigenvalue weighted by Gasteiger charge is -2.09. The van der Waals surface area contributed by atoms with Gasteiger partial charge in [-0.05, 0) is 26.8 Å². The molecule has 0 aliphatic carbocycles. The first-order valence-corrected chi connectivity index (χ1v) is 5.61. The molecular weight excluding hydrogens is 224 g/mol. The van der Waals surface area contributed by atoms with Crippen LogP contribution in [0.2, 0.25) is 0 Å². The summed E-state index contributed by atoms with van der Waals surface area (Å²) in [5.74, 6) is -0.888. The number of aryl methyl sites for hydroxylation is 2. The molecule has 0 fully saturated rings. The molecule has 0 amide bonds. The summed E-state index contributed by atoms with van der Waals surface area (Å²) in [4.78, 5) is 15.6. The Kier molecular flexibility index (Phi) is 3.91. The zero-order chi connectivity index (χ0) is 12.3. The Hall–Kier alpha value is -1.54. The van der Waals surface area contributed by atoms with Gasteiger partial charge in [0.25, 0.3) is 0 Å². The highest BCUT2D eigenvalue weighted by Gasteiger charge is 2.16. The number of carbonyl (C=O) groups is 1. The molecule has 0 aromatic carbocycles. The van der Waals surface area contributed by atoms with E-state index < -0.39 is 11.2 Å². The standard InChI is InChI=1S/C11H12N2O2S/c1-6-4-10(16-8(3)11(14)15)9(5-12)7(2)13-6/h4,8H,1-3H3,(H,14,15). The molecule has 0 aliphatic heterocycles. The molecule has 1 rings (SSSR count). The molecule has 84 valence electrons. The van der Waals surface area contributed by atoms with Gasteiger partial charge in [-0.2, -0.15) is 5.26 Å². The van der Waals surface area contributed by atoms with Gasteiger partial charge in [-0.3, -0.25) is 9.78 Å². The molecule has 0 saturated carbocycles. The van der Waals surface area contributed by atoms with Crippen LogP contribution in [0.1, 0.15) is 23.9 Å². The summed E-state index contributed by atoms with van der Waals surface area (Å²) in [6.07, 6.45) is 0. The third kappa shape index (κ3) is 2.74. The number of nitrogens with zero attached hydrogens (tertiary/aromatic N) is 2. The van der Waals surface area contributed by atoms with Crippen LogP contribution < -0.4 is 0 Å². The maximum absolute atomic E-state index is 10.8. The number of rotatable bonds is 3. The second-order valence-corrected chi connectivity index (χ2v) is 4.81. The molecule has 1 N–H and O–H groups in total. The van der Waals surface area contributed by atoms with Gasteiger partial charge in [0.1, 0.15) is 11.3 Å². The minimum atomic E-state index is -0.888. The number of hydrogen-bond acceptors (Lipinski definition) is 4. The lowest BCUT2D eigenvalue weighted by Crippen LogP contribution is -2.11. The van der Waals surface area contributed by atoms with E-state index in [1.165, 1.54) is 11.8 Å². The van der Waals surface area contributed by atoms with E-state index in [2.05, 4.69) is 11.1 Å². The number of nitriles is 1. The van der Waals surface area contributed by atoms with Crippen molar-refractivity contribution in [2.75, 3.05) is 0 Å². The van der Waals surface area contributed by atoms with E-state index >= 15 is 0 Å². The van der Waals surface area contributed by atoms with Gasteiger partial charge in [-0.25, -0.2) is 0 Å². The summed E-state index contributed by atoms with van der Waals surface area (Å²) in [5, 5.41) is 17.2. The van der Waals surface area contributed by atoms with Crippen molar-refractivity contribution in [1.82, 2.24) is 4.98 Å². The van der Waals surface area contributed by atoms with E-state index in [-0.39, 0.29) is 0 Å². The van der Waals surface area contributed by atoms with Crippen molar-refractivity contribution in [3.63, 3.8) is 0 Å². The Labute approximate surface area is 98.3 Å². The Morgan fingerprint density at radius 1 is 1.62 bits per heavy atom. The first-order chi connectivity index (χ1) is 7.45. The summed E-state index contributed by atoms with van der Waals surface area (Å²) >= 11 is 1.17. The van der Waals surface area contributed by atoms with Crippen molar-refractivity contribution < 1.29 is 9.90 Å². The molecule has 0 radical (unpaired) electrons. The molecule has 0 spiro atoms. The van der Waals surface area contributed by atoms with Crippen LogP contribution in [0.5, 0.6) is 0 Å². The molecule has 1 aromatic rings. The number of pyridine rings is 1. The van der Waals surface area contributed by atoms with Gasteiger partial charge in [0.15, 0.2) is 0 Å². The van der Waals surface area contributed by atoms with E-state index in [0.29, 0.717) is 16.2 Å². The van der Waals surface area contributed by atoms with Crippen LogP contribution >= 0.6 is 11.8 Å². The van der Waals surface area contributed by atoms with Crippen LogP contribution in [-0.4, -0.2) is 21.3 Å². The fraction of sp³-hybridized carbons (Fsp3) is 0.364. The van der Waals surface area contributed by atoms with Gasteiger partial charge >= 0.3 is 5.97 Å². The van der Waals surface area contributed by atoms with E-state index in [9.17, 15) is 4.79 Å². The zero-order valence-electron chi connectivity index (χ0n) is 9.31.